The summed E-state index contributed by atoms with van der Waals surface area (Å²) in [7, 11) is 0. The van der Waals surface area contributed by atoms with Gasteiger partial charge in [0.15, 0.2) is 0 Å². The Morgan fingerprint density at radius 1 is 1.54 bits per heavy atom. The second-order valence-electron chi connectivity index (χ2n) is 2.68. The Hall–Kier alpha value is -1.03. The van der Waals surface area contributed by atoms with Crippen molar-refractivity contribution < 1.29 is 9.90 Å². The number of aliphatic carboxylic acids is 1. The summed E-state index contributed by atoms with van der Waals surface area (Å²) < 4.78 is 0.864. The highest BCUT2D eigenvalue weighted by Crippen LogP contribution is 2.21. The van der Waals surface area contributed by atoms with Crippen LogP contribution in [0.1, 0.15) is 6.92 Å². The Bertz CT molecular complexity index is 314. The van der Waals surface area contributed by atoms with Gasteiger partial charge in [0, 0.05) is 10.2 Å². The van der Waals surface area contributed by atoms with Crippen LogP contribution in [-0.2, 0) is 4.79 Å². The highest BCUT2D eigenvalue weighted by Gasteiger charge is 2.10. The summed E-state index contributed by atoms with van der Waals surface area (Å²) in [6.45, 7) is 1.60. The van der Waals surface area contributed by atoms with Crippen molar-refractivity contribution in [2.24, 2.45) is 0 Å². The first-order chi connectivity index (χ1) is 6.11. The van der Waals surface area contributed by atoms with Crippen LogP contribution in [0.5, 0.6) is 0 Å². The fourth-order valence-corrected chi connectivity index (χ4v) is 1.27. The third-order valence-electron chi connectivity index (χ3n) is 1.62. The van der Waals surface area contributed by atoms with E-state index in [9.17, 15) is 4.79 Å². The number of halogens is 1. The van der Waals surface area contributed by atoms with E-state index in [-0.39, 0.29) is 0 Å². The zero-order chi connectivity index (χ0) is 9.84. The quantitative estimate of drug-likeness (QED) is 0.857. The number of nitrogens with one attached hydrogen (secondary N) is 1. The van der Waals surface area contributed by atoms with E-state index in [1.807, 2.05) is 24.3 Å². The van der Waals surface area contributed by atoms with Crippen LogP contribution in [-0.4, -0.2) is 17.1 Å². The van der Waals surface area contributed by atoms with E-state index < -0.39 is 12.0 Å². The van der Waals surface area contributed by atoms with Gasteiger partial charge in [-0.05, 0) is 35.0 Å². The normalized spacial score (nSPS) is 12.2. The van der Waals surface area contributed by atoms with Crippen molar-refractivity contribution >= 4 is 27.6 Å². The van der Waals surface area contributed by atoms with Gasteiger partial charge in [-0.3, -0.25) is 4.79 Å². The summed E-state index contributed by atoms with van der Waals surface area (Å²) in [5.41, 5.74) is 0.789. The van der Waals surface area contributed by atoms with Crippen LogP contribution >= 0.6 is 15.9 Å². The Morgan fingerprint density at radius 2 is 2.15 bits per heavy atom. The molecule has 2 N–H and O–H groups in total. The lowest BCUT2D eigenvalue weighted by Crippen LogP contribution is -2.25. The predicted octanol–water partition coefficient (Wildman–Crippen LogP) is 2.33. The summed E-state index contributed by atoms with van der Waals surface area (Å²) in [5, 5.41) is 11.5. The van der Waals surface area contributed by atoms with E-state index in [0.717, 1.165) is 10.2 Å². The molecule has 0 heterocycles. The lowest BCUT2D eigenvalue weighted by molar-refractivity contribution is -0.137. The number of benzene rings is 1. The molecule has 1 rings (SSSR count). The maximum absolute atomic E-state index is 10.5. The van der Waals surface area contributed by atoms with Gasteiger partial charge in [-0.2, -0.15) is 0 Å². The first kappa shape index (κ1) is 10.1. The molecular weight excluding hydrogens is 234 g/mol. The molecule has 70 valence electrons. The molecule has 0 radical (unpaired) electrons. The zero-order valence-corrected chi connectivity index (χ0v) is 8.71. The van der Waals surface area contributed by atoms with Crippen LogP contribution < -0.4 is 5.32 Å². The fourth-order valence-electron chi connectivity index (χ4n) is 0.873. The molecule has 1 atom stereocenters. The summed E-state index contributed by atoms with van der Waals surface area (Å²) in [4.78, 5) is 10.5. The average molecular weight is 244 g/mol. The lowest BCUT2D eigenvalue weighted by Gasteiger charge is -2.11. The van der Waals surface area contributed by atoms with E-state index in [1.165, 1.54) is 0 Å². The molecule has 0 unspecified atom stereocenters. The molecule has 0 bridgehead atoms. The van der Waals surface area contributed by atoms with Crippen molar-refractivity contribution in [1.82, 2.24) is 0 Å². The van der Waals surface area contributed by atoms with Crippen LogP contribution in [0.25, 0.3) is 0 Å². The van der Waals surface area contributed by atoms with Gasteiger partial charge in [0.1, 0.15) is 6.04 Å². The fraction of sp³-hybridized carbons (Fsp3) is 0.222. The van der Waals surface area contributed by atoms with Gasteiger partial charge in [0.2, 0.25) is 0 Å². The van der Waals surface area contributed by atoms with E-state index in [2.05, 4.69) is 21.2 Å². The molecule has 0 aliphatic carbocycles. The highest BCUT2D eigenvalue weighted by atomic mass is 79.9. The van der Waals surface area contributed by atoms with E-state index in [0.29, 0.717) is 0 Å². The standard InChI is InChI=1S/C9H10BrNO2/c1-6(9(12)13)11-8-5-3-2-4-7(8)10/h2-6,11H,1H3,(H,12,13)/t6-/m1/s1. The van der Waals surface area contributed by atoms with Crippen LogP contribution in [0.4, 0.5) is 5.69 Å². The number of anilines is 1. The molecule has 0 spiro atoms. The first-order valence-corrected chi connectivity index (χ1v) is 4.64. The number of carboxylic acid groups (broad SMARTS) is 1. The SMILES string of the molecule is C[C@@H](Nc1ccccc1Br)C(=O)O. The van der Waals surface area contributed by atoms with Gasteiger partial charge in [0.25, 0.3) is 0 Å². The average Bonchev–Trinajstić information content (AvgIpc) is 2.08. The molecule has 3 nitrogen and oxygen atoms in total. The maximum atomic E-state index is 10.5. The van der Waals surface area contributed by atoms with Crippen molar-refractivity contribution in [2.45, 2.75) is 13.0 Å². The van der Waals surface area contributed by atoms with Crippen LogP contribution in [0.2, 0.25) is 0 Å². The van der Waals surface area contributed by atoms with Crippen molar-refractivity contribution in [3.63, 3.8) is 0 Å². The molecule has 0 fully saturated rings. The molecule has 0 aliphatic rings. The Balaban J connectivity index is 2.74. The molecule has 1 aromatic rings. The largest absolute Gasteiger partial charge is 0.480 e. The molecule has 1 aromatic carbocycles. The van der Waals surface area contributed by atoms with Gasteiger partial charge in [-0.15, -0.1) is 0 Å². The van der Waals surface area contributed by atoms with Gasteiger partial charge in [-0.25, -0.2) is 0 Å². The Morgan fingerprint density at radius 3 is 2.69 bits per heavy atom. The van der Waals surface area contributed by atoms with Gasteiger partial charge in [0.05, 0.1) is 0 Å². The first-order valence-electron chi connectivity index (χ1n) is 3.85. The molecule has 0 saturated heterocycles. The van der Waals surface area contributed by atoms with Gasteiger partial charge < -0.3 is 10.4 Å². The molecule has 13 heavy (non-hydrogen) atoms. The van der Waals surface area contributed by atoms with Crippen LogP contribution in [0, 0.1) is 0 Å². The zero-order valence-electron chi connectivity index (χ0n) is 7.12. The Kier molecular flexibility index (Phi) is 3.31. The number of hydrogen-bond acceptors (Lipinski definition) is 2. The number of rotatable bonds is 3. The number of hydrogen-bond donors (Lipinski definition) is 2. The Labute approximate surface area is 84.9 Å². The monoisotopic (exact) mass is 243 g/mol. The summed E-state index contributed by atoms with van der Waals surface area (Å²) >= 11 is 3.32. The van der Waals surface area contributed by atoms with Gasteiger partial charge in [-0.1, -0.05) is 12.1 Å². The number of para-hydroxylation sites is 1. The third kappa shape index (κ3) is 2.73. The predicted molar refractivity (Wildman–Crippen MR) is 54.9 cm³/mol. The van der Waals surface area contributed by atoms with Crippen molar-refractivity contribution in [3.8, 4) is 0 Å². The number of carboxylic acids is 1. The second kappa shape index (κ2) is 4.28. The third-order valence-corrected chi connectivity index (χ3v) is 2.31. The molecule has 0 saturated carbocycles. The van der Waals surface area contributed by atoms with E-state index in [1.54, 1.807) is 6.92 Å². The summed E-state index contributed by atoms with van der Waals surface area (Å²) in [6.07, 6.45) is 0. The molecule has 4 heteroatoms. The number of carbonyl (C=O) groups is 1. The molecular formula is C9H10BrNO2. The van der Waals surface area contributed by atoms with E-state index in [4.69, 9.17) is 5.11 Å². The highest BCUT2D eigenvalue weighted by molar-refractivity contribution is 9.10. The lowest BCUT2D eigenvalue weighted by atomic mass is 10.3. The van der Waals surface area contributed by atoms with Gasteiger partial charge >= 0.3 is 5.97 Å². The minimum atomic E-state index is -0.865. The van der Waals surface area contributed by atoms with Crippen LogP contribution in [0.3, 0.4) is 0 Å². The minimum absolute atomic E-state index is 0.585. The second-order valence-corrected chi connectivity index (χ2v) is 3.54. The summed E-state index contributed by atoms with van der Waals surface area (Å²) in [5.74, 6) is -0.865. The molecule has 0 amide bonds. The smallest absolute Gasteiger partial charge is 0.325 e. The van der Waals surface area contributed by atoms with Crippen molar-refractivity contribution in [3.05, 3.63) is 28.7 Å². The van der Waals surface area contributed by atoms with Crippen LogP contribution in [0.15, 0.2) is 28.7 Å². The van der Waals surface area contributed by atoms with E-state index >= 15 is 0 Å². The molecule has 0 aromatic heterocycles. The van der Waals surface area contributed by atoms with Crippen molar-refractivity contribution in [1.29, 1.82) is 0 Å². The topological polar surface area (TPSA) is 49.3 Å². The molecule has 0 aliphatic heterocycles. The van der Waals surface area contributed by atoms with Crippen molar-refractivity contribution in [2.75, 3.05) is 5.32 Å². The summed E-state index contributed by atoms with van der Waals surface area (Å²) in [6, 6.07) is 6.82. The maximum Gasteiger partial charge on any atom is 0.325 e. The minimum Gasteiger partial charge on any atom is -0.480 e.